The van der Waals surface area contributed by atoms with Gasteiger partial charge in [0.1, 0.15) is 5.41 Å². The maximum Gasteiger partial charge on any atom is 0.351 e. The van der Waals surface area contributed by atoms with Gasteiger partial charge in [-0.05, 0) is 18.6 Å². The average Bonchev–Trinajstić information content (AvgIpc) is 3.17. The third-order valence-electron chi connectivity index (χ3n) is 4.80. The van der Waals surface area contributed by atoms with Crippen LogP contribution in [0.3, 0.4) is 0 Å². The van der Waals surface area contributed by atoms with Crippen LogP contribution in [0.1, 0.15) is 12.5 Å². The van der Waals surface area contributed by atoms with Crippen molar-refractivity contribution in [3.05, 3.63) is 29.8 Å². The highest BCUT2D eigenvalue weighted by atomic mass is 16.7. The van der Waals surface area contributed by atoms with Crippen LogP contribution in [0, 0.1) is 5.92 Å². The smallest absolute Gasteiger partial charge is 0.351 e. The highest BCUT2D eigenvalue weighted by Crippen LogP contribution is 2.45. The molecular weight excluding hydrogens is 328 g/mol. The van der Waals surface area contributed by atoms with Crippen molar-refractivity contribution in [1.82, 2.24) is 0 Å². The summed E-state index contributed by atoms with van der Waals surface area (Å²) in [5.74, 6) is -2.90. The molecule has 0 saturated carbocycles. The number of amides is 1. The molecule has 0 bridgehead atoms. The predicted octanol–water partition coefficient (Wildman–Crippen LogP) is 0.638. The molecule has 3 unspecified atom stereocenters. The molecule has 2 aliphatic rings. The van der Waals surface area contributed by atoms with Crippen LogP contribution in [0.25, 0.3) is 0 Å². The number of fused-ring (bicyclic) bond motifs is 1. The fourth-order valence-corrected chi connectivity index (χ4v) is 3.43. The molecule has 8 heteroatoms. The number of ether oxygens (including phenoxy) is 2. The summed E-state index contributed by atoms with van der Waals surface area (Å²) in [6.07, 6.45) is -1.28. The van der Waals surface area contributed by atoms with E-state index in [9.17, 15) is 14.4 Å². The molecule has 1 aromatic rings. The molecule has 2 heterocycles. The molecular formula is C17H18N2O6. The van der Waals surface area contributed by atoms with E-state index in [0.29, 0.717) is 11.3 Å². The van der Waals surface area contributed by atoms with E-state index in [1.807, 2.05) is 6.07 Å². The Balaban J connectivity index is 2.13. The summed E-state index contributed by atoms with van der Waals surface area (Å²) in [5.41, 5.74) is 0.288. The Morgan fingerprint density at radius 2 is 1.84 bits per heavy atom. The Bertz CT molecular complexity index is 789. The number of nitrogens with zero attached hydrogens (tertiary/aromatic N) is 2. The van der Waals surface area contributed by atoms with E-state index in [4.69, 9.17) is 9.57 Å². The second-order valence-electron chi connectivity index (χ2n) is 6.03. The number of methoxy groups -OCH3 is 2. The molecule has 1 aromatic carbocycles. The number of para-hydroxylation sites is 1. The molecule has 0 saturated heterocycles. The van der Waals surface area contributed by atoms with Crippen LogP contribution in [0.15, 0.2) is 29.4 Å². The first kappa shape index (κ1) is 16.9. The third kappa shape index (κ3) is 2.20. The fraction of sp³-hybridized carbons (Fsp3) is 0.412. The molecule has 25 heavy (non-hydrogen) atoms. The summed E-state index contributed by atoms with van der Waals surface area (Å²) in [6.45, 7) is 1.66. The summed E-state index contributed by atoms with van der Waals surface area (Å²) in [7, 11) is 4.03. The largest absolute Gasteiger partial charge is 0.468 e. The van der Waals surface area contributed by atoms with Crippen molar-refractivity contribution in [1.29, 1.82) is 0 Å². The van der Waals surface area contributed by atoms with E-state index in [1.54, 1.807) is 32.2 Å². The molecule has 0 aliphatic carbocycles. The number of hydrogen-bond donors (Lipinski definition) is 0. The molecule has 2 aliphatic heterocycles. The monoisotopic (exact) mass is 346 g/mol. The quantitative estimate of drug-likeness (QED) is 0.746. The van der Waals surface area contributed by atoms with E-state index >= 15 is 0 Å². The lowest BCUT2D eigenvalue weighted by molar-refractivity contribution is -0.161. The number of oxime groups is 1. The molecule has 0 aromatic heterocycles. The topological polar surface area (TPSA) is 94.5 Å². The minimum absolute atomic E-state index is 0.136. The van der Waals surface area contributed by atoms with Gasteiger partial charge < -0.3 is 19.2 Å². The maximum atomic E-state index is 13.0. The standard InChI is InChI=1S/C17H18N2O6/c1-17(9-7-5-6-8-10(9)19(2)16(17)22)13-11(14(20)23-3)12(25-18-13)15(21)24-4/h5-8,11-12H,1-4H3. The van der Waals surface area contributed by atoms with E-state index < -0.39 is 29.4 Å². The van der Waals surface area contributed by atoms with Crippen LogP contribution in [-0.2, 0) is 34.1 Å². The first-order valence-corrected chi connectivity index (χ1v) is 7.65. The van der Waals surface area contributed by atoms with Crippen molar-refractivity contribution < 1.29 is 28.7 Å². The van der Waals surface area contributed by atoms with Gasteiger partial charge in [-0.3, -0.25) is 9.59 Å². The molecule has 8 nitrogen and oxygen atoms in total. The highest BCUT2D eigenvalue weighted by molar-refractivity contribution is 6.27. The van der Waals surface area contributed by atoms with Gasteiger partial charge in [0.25, 0.3) is 0 Å². The second-order valence-corrected chi connectivity index (χ2v) is 6.03. The minimum Gasteiger partial charge on any atom is -0.468 e. The summed E-state index contributed by atoms with van der Waals surface area (Å²) < 4.78 is 9.49. The number of anilines is 1. The van der Waals surface area contributed by atoms with Crippen LogP contribution < -0.4 is 4.90 Å². The third-order valence-corrected chi connectivity index (χ3v) is 4.80. The van der Waals surface area contributed by atoms with Crippen molar-refractivity contribution in [2.24, 2.45) is 11.1 Å². The molecule has 0 N–H and O–H groups in total. The van der Waals surface area contributed by atoms with Crippen molar-refractivity contribution >= 4 is 29.2 Å². The minimum atomic E-state index is -1.28. The SMILES string of the molecule is COC(=O)C1ON=C(C2(C)C(=O)N(C)c3ccccc32)C1C(=O)OC. The molecule has 0 radical (unpaired) electrons. The molecule has 3 atom stereocenters. The zero-order chi connectivity index (χ0) is 18.4. The number of carbonyl (C=O) groups is 3. The van der Waals surface area contributed by atoms with Crippen molar-refractivity contribution in [2.45, 2.75) is 18.4 Å². The van der Waals surface area contributed by atoms with Gasteiger partial charge in [-0.2, -0.15) is 0 Å². The van der Waals surface area contributed by atoms with Gasteiger partial charge in [-0.15, -0.1) is 0 Å². The van der Waals surface area contributed by atoms with E-state index in [0.717, 1.165) is 0 Å². The lowest BCUT2D eigenvalue weighted by Crippen LogP contribution is -2.49. The Kier molecular flexibility index (Phi) is 3.98. The van der Waals surface area contributed by atoms with E-state index in [2.05, 4.69) is 9.89 Å². The molecule has 3 rings (SSSR count). The zero-order valence-electron chi connectivity index (χ0n) is 14.3. The number of likely N-dealkylation sites (N-methyl/N-ethyl adjacent to an activating group) is 1. The van der Waals surface area contributed by atoms with Gasteiger partial charge in [0, 0.05) is 12.7 Å². The summed E-state index contributed by atoms with van der Waals surface area (Å²) in [5, 5.41) is 3.94. The lowest BCUT2D eigenvalue weighted by atomic mass is 9.73. The number of esters is 2. The predicted molar refractivity (Wildman–Crippen MR) is 87.0 cm³/mol. The molecule has 1 amide bonds. The van der Waals surface area contributed by atoms with Gasteiger partial charge in [0.15, 0.2) is 5.92 Å². The summed E-state index contributed by atoms with van der Waals surface area (Å²) in [6, 6.07) is 7.21. The van der Waals surface area contributed by atoms with Crippen molar-refractivity contribution in [3.8, 4) is 0 Å². The lowest BCUT2D eigenvalue weighted by Gasteiger charge is -2.26. The summed E-state index contributed by atoms with van der Waals surface area (Å²) in [4.78, 5) is 44.0. The molecule has 132 valence electrons. The number of benzene rings is 1. The van der Waals surface area contributed by atoms with Crippen LogP contribution in [0.5, 0.6) is 0 Å². The number of carbonyl (C=O) groups excluding carboxylic acids is 3. The van der Waals surface area contributed by atoms with Gasteiger partial charge in [-0.1, -0.05) is 23.4 Å². The molecule has 0 fully saturated rings. The van der Waals surface area contributed by atoms with Crippen LogP contribution in [0.4, 0.5) is 5.69 Å². The Morgan fingerprint density at radius 1 is 1.20 bits per heavy atom. The Labute approximate surface area is 144 Å². The number of hydrogen-bond acceptors (Lipinski definition) is 7. The second kappa shape index (κ2) is 5.87. The van der Waals surface area contributed by atoms with Crippen LogP contribution in [0.2, 0.25) is 0 Å². The first-order valence-electron chi connectivity index (χ1n) is 7.65. The fourth-order valence-electron chi connectivity index (χ4n) is 3.43. The first-order chi connectivity index (χ1) is 11.9. The van der Waals surface area contributed by atoms with E-state index in [1.165, 1.54) is 19.1 Å². The number of rotatable bonds is 3. The van der Waals surface area contributed by atoms with Crippen molar-refractivity contribution in [3.63, 3.8) is 0 Å². The van der Waals surface area contributed by atoms with Crippen LogP contribution in [-0.4, -0.2) is 50.9 Å². The highest BCUT2D eigenvalue weighted by Gasteiger charge is 2.59. The van der Waals surface area contributed by atoms with Gasteiger partial charge in [0.2, 0.25) is 12.0 Å². The van der Waals surface area contributed by atoms with Gasteiger partial charge in [-0.25, -0.2) is 4.79 Å². The Morgan fingerprint density at radius 3 is 2.48 bits per heavy atom. The van der Waals surface area contributed by atoms with E-state index in [-0.39, 0.29) is 11.6 Å². The maximum absolute atomic E-state index is 13.0. The zero-order valence-corrected chi connectivity index (χ0v) is 14.3. The summed E-state index contributed by atoms with van der Waals surface area (Å²) >= 11 is 0. The van der Waals surface area contributed by atoms with Crippen molar-refractivity contribution in [2.75, 3.05) is 26.2 Å². The normalized spacial score (nSPS) is 27.4. The van der Waals surface area contributed by atoms with Crippen LogP contribution >= 0.6 is 0 Å². The van der Waals surface area contributed by atoms with Gasteiger partial charge in [0.05, 0.1) is 19.9 Å². The Hall–Kier alpha value is -2.90. The van der Waals surface area contributed by atoms with Gasteiger partial charge >= 0.3 is 11.9 Å². The molecule has 0 spiro atoms. The average molecular weight is 346 g/mol.